The summed E-state index contributed by atoms with van der Waals surface area (Å²) < 4.78 is 0. The van der Waals surface area contributed by atoms with Crippen LogP contribution in [0.1, 0.15) is 24.1 Å². The van der Waals surface area contributed by atoms with Gasteiger partial charge in [-0.25, -0.2) is 4.98 Å². The van der Waals surface area contributed by atoms with E-state index in [9.17, 15) is 0 Å². The van der Waals surface area contributed by atoms with E-state index in [1.807, 2.05) is 19.1 Å². The minimum Gasteiger partial charge on any atom is -0.384 e. The molecule has 1 atom stereocenters. The van der Waals surface area contributed by atoms with E-state index in [2.05, 4.69) is 28.9 Å². The van der Waals surface area contributed by atoms with Crippen molar-refractivity contribution in [2.75, 3.05) is 32.1 Å². The van der Waals surface area contributed by atoms with Crippen molar-refractivity contribution in [3.8, 4) is 0 Å². The molecule has 1 fully saturated rings. The van der Waals surface area contributed by atoms with Crippen molar-refractivity contribution < 1.29 is 0 Å². The van der Waals surface area contributed by atoms with Gasteiger partial charge < -0.3 is 15.5 Å². The highest BCUT2D eigenvalue weighted by atomic mass is 15.2. The molecule has 5 nitrogen and oxygen atoms in total. The molecule has 0 saturated carbocycles. The van der Waals surface area contributed by atoms with Gasteiger partial charge >= 0.3 is 0 Å². The van der Waals surface area contributed by atoms with Crippen LogP contribution in [0, 0.1) is 12.3 Å². The molecule has 0 spiro atoms. The highest BCUT2D eigenvalue weighted by Gasteiger charge is 2.22. The first-order chi connectivity index (χ1) is 8.97. The Morgan fingerprint density at radius 1 is 1.58 bits per heavy atom. The maximum Gasteiger partial charge on any atom is 0.129 e. The van der Waals surface area contributed by atoms with Crippen LogP contribution in [-0.4, -0.2) is 48.9 Å². The molecule has 1 saturated heterocycles. The van der Waals surface area contributed by atoms with Gasteiger partial charge in [-0.3, -0.25) is 5.41 Å². The third-order valence-electron chi connectivity index (χ3n) is 3.80. The number of nitrogens with zero attached hydrogens (tertiary/aromatic N) is 3. The lowest BCUT2D eigenvalue weighted by atomic mass is 10.2. The quantitative estimate of drug-likeness (QED) is 0.631. The van der Waals surface area contributed by atoms with Crippen LogP contribution < -0.4 is 10.6 Å². The molecule has 1 aromatic rings. The Balaban J connectivity index is 2.14. The molecule has 1 aromatic heterocycles. The molecular formula is C14H23N5. The Bertz CT molecular complexity index is 471. The number of aryl methyl sites for hydroxylation is 1. The molecule has 0 aliphatic carbocycles. The average molecular weight is 261 g/mol. The van der Waals surface area contributed by atoms with Crippen LogP contribution in [0.5, 0.6) is 0 Å². The van der Waals surface area contributed by atoms with Crippen LogP contribution >= 0.6 is 0 Å². The molecule has 0 aromatic carbocycles. The molecule has 0 bridgehead atoms. The Morgan fingerprint density at radius 3 is 2.89 bits per heavy atom. The van der Waals surface area contributed by atoms with Crippen molar-refractivity contribution in [1.29, 1.82) is 5.41 Å². The summed E-state index contributed by atoms with van der Waals surface area (Å²) in [6, 6.07) is 4.33. The van der Waals surface area contributed by atoms with Gasteiger partial charge in [0.15, 0.2) is 0 Å². The minimum atomic E-state index is 0.0955. The average Bonchev–Trinajstić information content (AvgIpc) is 2.74. The Labute approximate surface area is 114 Å². The summed E-state index contributed by atoms with van der Waals surface area (Å²) in [5.74, 6) is 0.989. The molecule has 19 heavy (non-hydrogen) atoms. The van der Waals surface area contributed by atoms with Crippen molar-refractivity contribution in [2.45, 2.75) is 25.8 Å². The largest absolute Gasteiger partial charge is 0.384 e. The Hall–Kier alpha value is -1.62. The van der Waals surface area contributed by atoms with Crippen LogP contribution in [0.2, 0.25) is 0 Å². The number of likely N-dealkylation sites (N-methyl/N-ethyl adjacent to an activating group) is 2. The van der Waals surface area contributed by atoms with Crippen molar-refractivity contribution in [1.82, 2.24) is 9.88 Å². The first-order valence-corrected chi connectivity index (χ1v) is 6.72. The van der Waals surface area contributed by atoms with Crippen LogP contribution in [0.25, 0.3) is 0 Å². The van der Waals surface area contributed by atoms with Gasteiger partial charge in [0.25, 0.3) is 0 Å². The lowest BCUT2D eigenvalue weighted by Gasteiger charge is -2.27. The van der Waals surface area contributed by atoms with E-state index in [0.717, 1.165) is 23.6 Å². The van der Waals surface area contributed by atoms with E-state index in [1.165, 1.54) is 19.4 Å². The first kappa shape index (κ1) is 13.8. The van der Waals surface area contributed by atoms with Crippen LogP contribution in [0.4, 0.5) is 5.82 Å². The zero-order valence-corrected chi connectivity index (χ0v) is 12.0. The molecule has 5 heteroatoms. The molecule has 2 heterocycles. The third-order valence-corrected chi connectivity index (χ3v) is 3.80. The summed E-state index contributed by atoms with van der Waals surface area (Å²) in [6.07, 6.45) is 2.52. The van der Waals surface area contributed by atoms with E-state index in [4.69, 9.17) is 11.1 Å². The molecular weight excluding hydrogens is 238 g/mol. The summed E-state index contributed by atoms with van der Waals surface area (Å²) >= 11 is 0. The number of likely N-dealkylation sites (tertiary alicyclic amines) is 1. The van der Waals surface area contributed by atoms with E-state index in [0.29, 0.717) is 6.04 Å². The summed E-state index contributed by atoms with van der Waals surface area (Å²) in [4.78, 5) is 9.10. The number of aromatic nitrogens is 1. The number of hydrogen-bond acceptors (Lipinski definition) is 4. The fourth-order valence-electron chi connectivity index (χ4n) is 2.62. The Kier molecular flexibility index (Phi) is 4.04. The van der Waals surface area contributed by atoms with Gasteiger partial charge in [0.2, 0.25) is 0 Å². The van der Waals surface area contributed by atoms with Gasteiger partial charge in [-0.2, -0.15) is 0 Å². The molecule has 2 rings (SSSR count). The number of pyridine rings is 1. The molecule has 1 aliphatic heterocycles. The molecule has 0 radical (unpaired) electrons. The molecule has 0 amide bonds. The van der Waals surface area contributed by atoms with Gasteiger partial charge in [-0.15, -0.1) is 0 Å². The van der Waals surface area contributed by atoms with E-state index < -0.39 is 0 Å². The van der Waals surface area contributed by atoms with E-state index in [1.54, 1.807) is 0 Å². The van der Waals surface area contributed by atoms with Crippen molar-refractivity contribution >= 4 is 11.7 Å². The predicted molar refractivity (Wildman–Crippen MR) is 78.9 cm³/mol. The SMILES string of the molecule is Cc1cc(C(=N)N)cc(N(C)CC2CCCN2C)n1. The van der Waals surface area contributed by atoms with Gasteiger partial charge in [-0.1, -0.05) is 0 Å². The predicted octanol–water partition coefficient (Wildman–Crippen LogP) is 1.20. The summed E-state index contributed by atoms with van der Waals surface area (Å²) in [7, 11) is 4.23. The van der Waals surface area contributed by atoms with Crippen LogP contribution in [0.3, 0.4) is 0 Å². The maximum absolute atomic E-state index is 7.55. The number of nitrogen functional groups attached to an aromatic ring is 1. The van der Waals surface area contributed by atoms with Gasteiger partial charge in [0.05, 0.1) is 0 Å². The Morgan fingerprint density at radius 2 is 2.32 bits per heavy atom. The number of nitrogens with one attached hydrogen (secondary N) is 1. The second kappa shape index (κ2) is 5.57. The number of amidine groups is 1. The highest BCUT2D eigenvalue weighted by Crippen LogP contribution is 2.19. The lowest BCUT2D eigenvalue weighted by Crippen LogP contribution is -2.37. The maximum atomic E-state index is 7.55. The lowest BCUT2D eigenvalue weighted by molar-refractivity contribution is 0.314. The standard InChI is InChI=1S/C14H23N5/c1-10-7-11(14(15)16)8-13(17-10)19(3)9-12-5-4-6-18(12)2/h7-8,12H,4-6,9H2,1-3H3,(H3,15,16). The number of rotatable bonds is 4. The van der Waals surface area contributed by atoms with Crippen molar-refractivity contribution in [3.63, 3.8) is 0 Å². The van der Waals surface area contributed by atoms with Crippen LogP contribution in [0.15, 0.2) is 12.1 Å². The minimum absolute atomic E-state index is 0.0955. The third kappa shape index (κ3) is 3.23. The molecule has 3 N–H and O–H groups in total. The smallest absolute Gasteiger partial charge is 0.129 e. The van der Waals surface area contributed by atoms with Gasteiger partial charge in [0.1, 0.15) is 11.7 Å². The molecule has 1 unspecified atom stereocenters. The zero-order chi connectivity index (χ0) is 14.0. The molecule has 1 aliphatic rings. The summed E-state index contributed by atoms with van der Waals surface area (Å²) in [5.41, 5.74) is 7.21. The summed E-state index contributed by atoms with van der Waals surface area (Å²) in [6.45, 7) is 4.08. The van der Waals surface area contributed by atoms with E-state index in [-0.39, 0.29) is 5.84 Å². The molecule has 104 valence electrons. The van der Waals surface area contributed by atoms with Crippen molar-refractivity contribution in [2.24, 2.45) is 5.73 Å². The number of hydrogen-bond donors (Lipinski definition) is 2. The first-order valence-electron chi connectivity index (χ1n) is 6.72. The summed E-state index contributed by atoms with van der Waals surface area (Å²) in [5, 5.41) is 7.55. The van der Waals surface area contributed by atoms with Gasteiger partial charge in [-0.05, 0) is 45.5 Å². The number of anilines is 1. The number of nitrogens with two attached hydrogens (primary N) is 1. The fourth-order valence-corrected chi connectivity index (χ4v) is 2.62. The zero-order valence-electron chi connectivity index (χ0n) is 12.0. The topological polar surface area (TPSA) is 69.2 Å². The fraction of sp³-hybridized carbons (Fsp3) is 0.571. The van der Waals surface area contributed by atoms with Crippen LogP contribution in [-0.2, 0) is 0 Å². The van der Waals surface area contributed by atoms with Crippen molar-refractivity contribution in [3.05, 3.63) is 23.4 Å². The monoisotopic (exact) mass is 261 g/mol. The van der Waals surface area contributed by atoms with Gasteiger partial charge in [0, 0.05) is 30.9 Å². The highest BCUT2D eigenvalue weighted by molar-refractivity contribution is 5.95. The normalized spacial score (nSPS) is 19.6. The van der Waals surface area contributed by atoms with E-state index >= 15 is 0 Å². The second-order valence-corrected chi connectivity index (χ2v) is 5.43. The second-order valence-electron chi connectivity index (χ2n) is 5.43.